The van der Waals surface area contributed by atoms with Gasteiger partial charge in [-0.3, -0.25) is 0 Å². The van der Waals surface area contributed by atoms with Crippen LogP contribution in [0.15, 0.2) is 6.07 Å². The quantitative estimate of drug-likeness (QED) is 0.829. The molecule has 17 heavy (non-hydrogen) atoms. The molecule has 1 heterocycles. The number of pyridine rings is 1. The van der Waals surface area contributed by atoms with Crippen LogP contribution in [0.3, 0.4) is 0 Å². The van der Waals surface area contributed by atoms with Gasteiger partial charge in [0.15, 0.2) is 0 Å². The standard InChI is InChI=1S/C13H19N3S/c1-3-16(4-2)13-10(12(14)17)8-9-6-5-7-11(9)15-13/h8H,3-7H2,1-2H3,(H2,14,17). The summed E-state index contributed by atoms with van der Waals surface area (Å²) in [7, 11) is 0. The molecule has 92 valence electrons. The molecule has 3 nitrogen and oxygen atoms in total. The number of rotatable bonds is 4. The van der Waals surface area contributed by atoms with Gasteiger partial charge >= 0.3 is 0 Å². The fourth-order valence-corrected chi connectivity index (χ4v) is 2.56. The highest BCUT2D eigenvalue weighted by atomic mass is 32.1. The molecular weight excluding hydrogens is 230 g/mol. The molecule has 0 saturated carbocycles. The van der Waals surface area contributed by atoms with Crippen molar-refractivity contribution in [2.75, 3.05) is 18.0 Å². The van der Waals surface area contributed by atoms with Crippen LogP contribution in [-0.4, -0.2) is 23.1 Å². The average Bonchev–Trinajstić information content (AvgIpc) is 2.76. The van der Waals surface area contributed by atoms with Gasteiger partial charge in [-0.2, -0.15) is 0 Å². The van der Waals surface area contributed by atoms with E-state index in [1.165, 1.54) is 17.7 Å². The number of aromatic nitrogens is 1. The molecule has 1 aromatic heterocycles. The highest BCUT2D eigenvalue weighted by Gasteiger charge is 2.19. The van der Waals surface area contributed by atoms with Gasteiger partial charge in [-0.05, 0) is 44.7 Å². The Labute approximate surface area is 108 Å². The Kier molecular flexibility index (Phi) is 3.62. The zero-order valence-electron chi connectivity index (χ0n) is 10.5. The highest BCUT2D eigenvalue weighted by molar-refractivity contribution is 7.80. The summed E-state index contributed by atoms with van der Waals surface area (Å²) in [5, 5.41) is 0. The number of hydrogen-bond donors (Lipinski definition) is 1. The van der Waals surface area contributed by atoms with Crippen molar-refractivity contribution < 1.29 is 0 Å². The number of anilines is 1. The van der Waals surface area contributed by atoms with E-state index in [0.29, 0.717) is 4.99 Å². The third kappa shape index (κ3) is 2.27. The SMILES string of the molecule is CCN(CC)c1nc2c(cc1C(N)=S)CCC2. The summed E-state index contributed by atoms with van der Waals surface area (Å²) in [6.07, 6.45) is 3.39. The Bertz CT molecular complexity index is 439. The van der Waals surface area contributed by atoms with Gasteiger partial charge in [-0.1, -0.05) is 12.2 Å². The molecule has 0 aromatic carbocycles. The molecule has 0 atom stereocenters. The Morgan fingerprint density at radius 2 is 2.12 bits per heavy atom. The molecule has 1 aliphatic carbocycles. The molecule has 0 saturated heterocycles. The highest BCUT2D eigenvalue weighted by Crippen LogP contribution is 2.27. The van der Waals surface area contributed by atoms with Crippen molar-refractivity contribution in [3.8, 4) is 0 Å². The molecule has 0 unspecified atom stereocenters. The largest absolute Gasteiger partial charge is 0.389 e. The monoisotopic (exact) mass is 249 g/mol. The van der Waals surface area contributed by atoms with E-state index in [1.807, 2.05) is 0 Å². The zero-order valence-corrected chi connectivity index (χ0v) is 11.3. The first-order chi connectivity index (χ1) is 8.17. The summed E-state index contributed by atoms with van der Waals surface area (Å²) in [5.41, 5.74) is 9.31. The van der Waals surface area contributed by atoms with Crippen molar-refractivity contribution in [3.05, 3.63) is 22.9 Å². The number of hydrogen-bond acceptors (Lipinski definition) is 3. The summed E-state index contributed by atoms with van der Waals surface area (Å²) in [6.45, 7) is 6.11. The Morgan fingerprint density at radius 3 is 2.71 bits per heavy atom. The van der Waals surface area contributed by atoms with Crippen molar-refractivity contribution in [2.45, 2.75) is 33.1 Å². The minimum atomic E-state index is 0.453. The van der Waals surface area contributed by atoms with Crippen LogP contribution < -0.4 is 10.6 Å². The van der Waals surface area contributed by atoms with Crippen LogP contribution >= 0.6 is 12.2 Å². The van der Waals surface area contributed by atoms with Crippen LogP contribution in [0.1, 0.15) is 37.1 Å². The maximum Gasteiger partial charge on any atom is 0.139 e. The maximum atomic E-state index is 5.82. The Morgan fingerprint density at radius 1 is 1.41 bits per heavy atom. The van der Waals surface area contributed by atoms with E-state index in [2.05, 4.69) is 24.8 Å². The molecule has 0 spiro atoms. The van der Waals surface area contributed by atoms with Gasteiger partial charge in [-0.25, -0.2) is 4.98 Å². The van der Waals surface area contributed by atoms with Crippen LogP contribution in [0, 0.1) is 0 Å². The molecule has 0 aliphatic heterocycles. The van der Waals surface area contributed by atoms with E-state index < -0.39 is 0 Å². The number of fused-ring (bicyclic) bond motifs is 1. The summed E-state index contributed by atoms with van der Waals surface area (Å²) in [4.78, 5) is 7.44. The normalized spacial score (nSPS) is 13.5. The van der Waals surface area contributed by atoms with Crippen molar-refractivity contribution in [2.24, 2.45) is 5.73 Å². The predicted octanol–water partition coefficient (Wildman–Crippen LogP) is 2.05. The summed E-state index contributed by atoms with van der Waals surface area (Å²) in [6, 6.07) is 2.14. The van der Waals surface area contributed by atoms with Gasteiger partial charge < -0.3 is 10.6 Å². The first kappa shape index (κ1) is 12.3. The van der Waals surface area contributed by atoms with E-state index >= 15 is 0 Å². The molecule has 0 amide bonds. The summed E-state index contributed by atoms with van der Waals surface area (Å²) < 4.78 is 0. The maximum absolute atomic E-state index is 5.82. The van der Waals surface area contributed by atoms with Crippen LogP contribution in [0.2, 0.25) is 0 Å². The third-order valence-corrected chi connectivity index (χ3v) is 3.58. The molecule has 1 aliphatic rings. The van der Waals surface area contributed by atoms with Gasteiger partial charge in [0.05, 0.1) is 5.56 Å². The minimum absolute atomic E-state index is 0.453. The van der Waals surface area contributed by atoms with Gasteiger partial charge in [0, 0.05) is 18.8 Å². The smallest absolute Gasteiger partial charge is 0.139 e. The first-order valence-corrected chi connectivity index (χ1v) is 6.65. The van der Waals surface area contributed by atoms with Crippen LogP contribution in [0.25, 0.3) is 0 Å². The van der Waals surface area contributed by atoms with E-state index in [4.69, 9.17) is 22.9 Å². The number of nitrogens with zero attached hydrogens (tertiary/aromatic N) is 2. The second-order valence-corrected chi connectivity index (χ2v) is 4.80. The Balaban J connectivity index is 2.51. The van der Waals surface area contributed by atoms with Crippen molar-refractivity contribution in [3.63, 3.8) is 0 Å². The third-order valence-electron chi connectivity index (χ3n) is 3.36. The lowest BCUT2D eigenvalue weighted by Crippen LogP contribution is -2.27. The summed E-state index contributed by atoms with van der Waals surface area (Å²) >= 11 is 5.15. The molecule has 1 aromatic rings. The second-order valence-electron chi connectivity index (χ2n) is 4.36. The van der Waals surface area contributed by atoms with Gasteiger partial charge in [0.1, 0.15) is 10.8 Å². The number of thiocarbonyl (C=S) groups is 1. The fraction of sp³-hybridized carbons (Fsp3) is 0.538. The van der Waals surface area contributed by atoms with Gasteiger partial charge in [0.25, 0.3) is 0 Å². The van der Waals surface area contributed by atoms with Crippen LogP contribution in [0.4, 0.5) is 5.82 Å². The lowest BCUT2D eigenvalue weighted by atomic mass is 10.1. The molecule has 0 radical (unpaired) electrons. The number of nitrogens with two attached hydrogens (primary N) is 1. The van der Waals surface area contributed by atoms with Gasteiger partial charge in [-0.15, -0.1) is 0 Å². The molecule has 2 rings (SSSR count). The van der Waals surface area contributed by atoms with E-state index in [9.17, 15) is 0 Å². The molecule has 2 N–H and O–H groups in total. The van der Waals surface area contributed by atoms with Crippen molar-refractivity contribution in [1.29, 1.82) is 0 Å². The van der Waals surface area contributed by atoms with E-state index in [-0.39, 0.29) is 0 Å². The van der Waals surface area contributed by atoms with E-state index in [0.717, 1.165) is 37.3 Å². The van der Waals surface area contributed by atoms with Crippen molar-refractivity contribution in [1.82, 2.24) is 4.98 Å². The fourth-order valence-electron chi connectivity index (χ4n) is 2.41. The lowest BCUT2D eigenvalue weighted by molar-refractivity contribution is 0.834. The van der Waals surface area contributed by atoms with Crippen LogP contribution in [-0.2, 0) is 12.8 Å². The molecule has 0 bridgehead atoms. The van der Waals surface area contributed by atoms with Crippen LogP contribution in [0.5, 0.6) is 0 Å². The van der Waals surface area contributed by atoms with E-state index in [1.54, 1.807) is 0 Å². The average molecular weight is 249 g/mol. The zero-order chi connectivity index (χ0) is 12.4. The van der Waals surface area contributed by atoms with Crippen molar-refractivity contribution >= 4 is 23.0 Å². The minimum Gasteiger partial charge on any atom is -0.389 e. The summed E-state index contributed by atoms with van der Waals surface area (Å²) in [5.74, 6) is 0.961. The first-order valence-electron chi connectivity index (χ1n) is 6.24. The second kappa shape index (κ2) is 5.00. The lowest BCUT2D eigenvalue weighted by Gasteiger charge is -2.23. The van der Waals surface area contributed by atoms with Gasteiger partial charge in [0.2, 0.25) is 0 Å². The molecule has 0 fully saturated rings. The Hall–Kier alpha value is -1.16. The molecule has 4 heteroatoms. The molecular formula is C13H19N3S. The number of aryl methyl sites for hydroxylation is 2. The topological polar surface area (TPSA) is 42.2 Å². The predicted molar refractivity (Wildman–Crippen MR) is 75.7 cm³/mol.